The predicted octanol–water partition coefficient (Wildman–Crippen LogP) is 5.26. The van der Waals surface area contributed by atoms with Gasteiger partial charge < -0.3 is 15.2 Å². The van der Waals surface area contributed by atoms with E-state index in [0.29, 0.717) is 56.4 Å². The third-order valence-corrected chi connectivity index (χ3v) is 10.8. The average Bonchev–Trinajstić information content (AvgIpc) is 3.31. The van der Waals surface area contributed by atoms with E-state index < -0.39 is 39.0 Å². The van der Waals surface area contributed by atoms with Gasteiger partial charge in [-0.2, -0.15) is 4.31 Å². The molecule has 2 aliphatic heterocycles. The van der Waals surface area contributed by atoms with E-state index in [2.05, 4.69) is 0 Å². The van der Waals surface area contributed by atoms with Gasteiger partial charge >= 0.3 is 0 Å². The fourth-order valence-electron chi connectivity index (χ4n) is 6.05. The number of halogens is 1. The molecule has 196 valence electrons. The molecule has 1 spiro atoms. The minimum Gasteiger partial charge on any atom is -0.369 e. The van der Waals surface area contributed by atoms with Gasteiger partial charge in [0.15, 0.2) is 5.79 Å². The molecule has 36 heavy (non-hydrogen) atoms. The highest BCUT2D eigenvalue weighted by Crippen LogP contribution is 2.63. The molecule has 9 heteroatoms. The second kappa shape index (κ2) is 9.70. The summed E-state index contributed by atoms with van der Waals surface area (Å²) in [5.74, 6) is -1.62. The maximum atomic E-state index is 15.5. The van der Waals surface area contributed by atoms with Gasteiger partial charge in [-0.3, -0.25) is 13.9 Å². The number of carbonyl (C=O) groups excluding carboxylic acids is 1. The van der Waals surface area contributed by atoms with Crippen molar-refractivity contribution in [2.75, 3.05) is 13.2 Å². The standard InChI is InChI=1S/C27H35FN2O5S/c1-19-7-10-24(20-5-3-2-4-6-20)36(32,33)30(19)18-21-8-9-22(17-23(21)28)26(25(29)31)11-13-27(14-12-26)34-15-16-35-27/h2-6,8-9,17,19,24,32-33H,7,10-16,18H2,1H3,(H2,29,31)/t19-,24+/m0/s1. The van der Waals surface area contributed by atoms with E-state index in [9.17, 15) is 13.9 Å². The molecule has 1 amide bonds. The molecule has 2 heterocycles. The van der Waals surface area contributed by atoms with Crippen molar-refractivity contribution in [1.82, 2.24) is 4.31 Å². The van der Waals surface area contributed by atoms with Crippen LogP contribution in [0.1, 0.15) is 67.4 Å². The molecule has 2 aromatic rings. The highest BCUT2D eigenvalue weighted by Gasteiger charge is 2.50. The molecule has 3 fully saturated rings. The number of hydrogen-bond acceptors (Lipinski definition) is 6. The summed E-state index contributed by atoms with van der Waals surface area (Å²) in [6.07, 6.45) is 3.30. The van der Waals surface area contributed by atoms with Crippen LogP contribution in [0.4, 0.5) is 4.39 Å². The van der Waals surface area contributed by atoms with Crippen LogP contribution in [-0.2, 0) is 26.2 Å². The third-order valence-electron chi connectivity index (χ3n) is 8.32. The van der Waals surface area contributed by atoms with Gasteiger partial charge in [-0.15, -0.1) is 10.8 Å². The zero-order chi connectivity index (χ0) is 25.6. The molecule has 1 saturated carbocycles. The molecule has 3 aliphatic rings. The minimum atomic E-state index is -3.19. The first-order chi connectivity index (χ1) is 17.2. The van der Waals surface area contributed by atoms with Gasteiger partial charge in [0.05, 0.1) is 23.9 Å². The first-order valence-corrected chi connectivity index (χ1v) is 14.2. The van der Waals surface area contributed by atoms with Crippen molar-refractivity contribution < 1.29 is 27.8 Å². The van der Waals surface area contributed by atoms with Crippen LogP contribution in [0.25, 0.3) is 0 Å². The summed E-state index contributed by atoms with van der Waals surface area (Å²) in [6, 6.07) is 14.2. The number of nitrogens with zero attached hydrogens (tertiary/aromatic N) is 1. The van der Waals surface area contributed by atoms with Gasteiger partial charge in [-0.05, 0) is 49.8 Å². The van der Waals surface area contributed by atoms with Crippen LogP contribution >= 0.6 is 10.8 Å². The Hall–Kier alpha value is -2.01. The molecule has 0 bridgehead atoms. The van der Waals surface area contributed by atoms with Crippen molar-refractivity contribution in [3.8, 4) is 0 Å². The number of primary amides is 1. The molecule has 7 nitrogen and oxygen atoms in total. The lowest BCUT2D eigenvalue weighted by molar-refractivity contribution is -0.186. The highest BCUT2D eigenvalue weighted by atomic mass is 32.3. The molecule has 2 aromatic carbocycles. The Labute approximate surface area is 213 Å². The van der Waals surface area contributed by atoms with Crippen LogP contribution in [-0.4, -0.2) is 44.4 Å². The van der Waals surface area contributed by atoms with Crippen molar-refractivity contribution in [3.63, 3.8) is 0 Å². The van der Waals surface area contributed by atoms with Crippen LogP contribution in [0.15, 0.2) is 48.5 Å². The quantitative estimate of drug-likeness (QED) is 0.499. The van der Waals surface area contributed by atoms with Crippen LogP contribution in [0.2, 0.25) is 0 Å². The van der Waals surface area contributed by atoms with E-state index in [1.54, 1.807) is 16.4 Å². The SMILES string of the molecule is C[C@H]1CC[C@H](c2ccccc2)S(O)(O)N1Cc1ccc(C2(C(N)=O)CCC3(CC2)OCCO3)cc1F. The lowest BCUT2D eigenvalue weighted by atomic mass is 9.67. The van der Waals surface area contributed by atoms with E-state index in [0.717, 1.165) is 12.0 Å². The molecule has 4 N–H and O–H groups in total. The zero-order valence-corrected chi connectivity index (χ0v) is 21.4. The molecule has 0 radical (unpaired) electrons. The number of amides is 1. The largest absolute Gasteiger partial charge is 0.369 e. The Morgan fingerprint density at radius 3 is 2.36 bits per heavy atom. The summed E-state index contributed by atoms with van der Waals surface area (Å²) in [5, 5.41) is -0.426. The first kappa shape index (κ1) is 25.6. The lowest BCUT2D eigenvalue weighted by Crippen LogP contribution is -2.49. The molecular weight excluding hydrogens is 483 g/mol. The minimum absolute atomic E-state index is 0.0628. The van der Waals surface area contributed by atoms with Gasteiger partial charge in [0, 0.05) is 31.0 Å². The number of rotatable bonds is 5. The van der Waals surface area contributed by atoms with Crippen molar-refractivity contribution >= 4 is 16.7 Å². The Kier molecular flexibility index (Phi) is 6.91. The van der Waals surface area contributed by atoms with E-state index in [1.165, 1.54) is 6.07 Å². The Morgan fingerprint density at radius 1 is 1.08 bits per heavy atom. The Morgan fingerprint density at radius 2 is 1.75 bits per heavy atom. The fraction of sp³-hybridized carbons (Fsp3) is 0.519. The molecule has 5 rings (SSSR count). The van der Waals surface area contributed by atoms with Gasteiger partial charge in [-0.1, -0.05) is 42.5 Å². The molecule has 1 aliphatic carbocycles. The van der Waals surface area contributed by atoms with Gasteiger partial charge in [0.1, 0.15) is 5.82 Å². The lowest BCUT2D eigenvalue weighted by Gasteiger charge is -2.54. The van der Waals surface area contributed by atoms with Crippen LogP contribution in [0.5, 0.6) is 0 Å². The van der Waals surface area contributed by atoms with Crippen molar-refractivity contribution in [3.05, 3.63) is 71.0 Å². The van der Waals surface area contributed by atoms with Gasteiger partial charge in [-0.25, -0.2) is 4.39 Å². The van der Waals surface area contributed by atoms with Crippen LogP contribution in [0, 0.1) is 5.82 Å². The van der Waals surface area contributed by atoms with E-state index in [1.807, 2.05) is 37.3 Å². The molecule has 0 unspecified atom stereocenters. The topological polar surface area (TPSA) is 105 Å². The maximum absolute atomic E-state index is 15.5. The number of hydrogen-bond donors (Lipinski definition) is 3. The summed E-state index contributed by atoms with van der Waals surface area (Å²) >= 11 is 0. The van der Waals surface area contributed by atoms with Gasteiger partial charge in [0.25, 0.3) is 0 Å². The average molecular weight is 519 g/mol. The summed E-state index contributed by atoms with van der Waals surface area (Å²) in [6.45, 7) is 3.07. The summed E-state index contributed by atoms with van der Waals surface area (Å²) < 4.78 is 51.3. The first-order valence-electron chi connectivity index (χ1n) is 12.6. The normalized spacial score (nSPS) is 28.1. The van der Waals surface area contributed by atoms with Crippen molar-refractivity contribution in [1.29, 1.82) is 0 Å². The second-order valence-corrected chi connectivity index (χ2v) is 12.5. The monoisotopic (exact) mass is 518 g/mol. The Balaban J connectivity index is 1.38. The van der Waals surface area contributed by atoms with Crippen LogP contribution in [0.3, 0.4) is 0 Å². The van der Waals surface area contributed by atoms with Crippen LogP contribution < -0.4 is 5.73 Å². The zero-order valence-electron chi connectivity index (χ0n) is 20.6. The number of ether oxygens (including phenoxy) is 2. The third kappa shape index (κ3) is 4.46. The second-order valence-electron chi connectivity index (χ2n) is 10.3. The number of carbonyl (C=O) groups is 1. The smallest absolute Gasteiger partial charge is 0.228 e. The predicted molar refractivity (Wildman–Crippen MR) is 137 cm³/mol. The molecular formula is C27H35FN2O5S. The number of benzene rings is 2. The maximum Gasteiger partial charge on any atom is 0.228 e. The summed E-state index contributed by atoms with van der Waals surface area (Å²) in [5.41, 5.74) is 6.66. The van der Waals surface area contributed by atoms with Crippen molar-refractivity contribution in [2.24, 2.45) is 5.73 Å². The summed E-state index contributed by atoms with van der Waals surface area (Å²) in [4.78, 5) is 12.6. The summed E-state index contributed by atoms with van der Waals surface area (Å²) in [7, 11) is -3.19. The van der Waals surface area contributed by atoms with Crippen molar-refractivity contribution in [2.45, 2.75) is 74.5 Å². The highest BCUT2D eigenvalue weighted by molar-refractivity contribution is 8.22. The molecule has 2 saturated heterocycles. The molecule has 0 aromatic heterocycles. The number of nitrogens with two attached hydrogens (primary N) is 1. The van der Waals surface area contributed by atoms with E-state index >= 15 is 4.39 Å². The Bertz CT molecular complexity index is 1100. The van der Waals surface area contributed by atoms with E-state index in [4.69, 9.17) is 15.2 Å². The molecule has 2 atom stereocenters. The fourth-order valence-corrected chi connectivity index (χ4v) is 8.32. The van der Waals surface area contributed by atoms with Gasteiger partial charge in [0.2, 0.25) is 5.91 Å². The van der Waals surface area contributed by atoms with E-state index in [-0.39, 0.29) is 12.6 Å².